The first-order chi connectivity index (χ1) is 8.76. The Hall–Kier alpha value is -0.740. The number of piperidine rings is 1. The van der Waals surface area contributed by atoms with E-state index >= 15 is 0 Å². The van der Waals surface area contributed by atoms with Gasteiger partial charge in [-0.3, -0.25) is 0 Å². The molecule has 100 valence electrons. The maximum atomic E-state index is 5.51. The van der Waals surface area contributed by atoms with Gasteiger partial charge in [0.25, 0.3) is 0 Å². The second-order valence-corrected chi connectivity index (χ2v) is 5.48. The lowest BCUT2D eigenvalue weighted by molar-refractivity contribution is 0.344. The van der Waals surface area contributed by atoms with Gasteiger partial charge in [0.2, 0.25) is 0 Å². The lowest BCUT2D eigenvalue weighted by atomic mass is 9.97. The highest BCUT2D eigenvalue weighted by atomic mass is 79.9. The normalized spacial score (nSPS) is 19.6. The molecule has 0 aliphatic carbocycles. The van der Waals surface area contributed by atoms with E-state index < -0.39 is 0 Å². The van der Waals surface area contributed by atoms with E-state index in [0.717, 1.165) is 28.9 Å². The number of benzene rings is 1. The average molecular weight is 314 g/mol. The summed E-state index contributed by atoms with van der Waals surface area (Å²) in [6, 6.07) is 4.69. The molecule has 1 fully saturated rings. The molecule has 1 aromatic carbocycles. The SMILES string of the molecule is COc1c(Br)ccc(CC2CCCCN2)c1OC. The van der Waals surface area contributed by atoms with Crippen molar-refractivity contribution in [1.82, 2.24) is 5.32 Å². The quantitative estimate of drug-likeness (QED) is 0.926. The topological polar surface area (TPSA) is 30.5 Å². The van der Waals surface area contributed by atoms with Crippen LogP contribution in [0.3, 0.4) is 0 Å². The predicted octanol–water partition coefficient (Wildman–Crippen LogP) is 3.15. The van der Waals surface area contributed by atoms with Crippen molar-refractivity contribution in [1.29, 1.82) is 0 Å². The molecule has 1 aliphatic rings. The summed E-state index contributed by atoms with van der Waals surface area (Å²) in [5.74, 6) is 1.63. The Kier molecular flexibility index (Phi) is 4.89. The van der Waals surface area contributed by atoms with Gasteiger partial charge in [0.05, 0.1) is 18.7 Å². The first kappa shape index (κ1) is 13.7. The third-order valence-electron chi connectivity index (χ3n) is 3.43. The molecule has 4 heteroatoms. The molecule has 3 nitrogen and oxygen atoms in total. The van der Waals surface area contributed by atoms with Crippen LogP contribution in [0.5, 0.6) is 11.5 Å². The second kappa shape index (κ2) is 6.43. The highest BCUT2D eigenvalue weighted by molar-refractivity contribution is 9.10. The molecule has 0 saturated carbocycles. The first-order valence-electron chi connectivity index (χ1n) is 6.39. The van der Waals surface area contributed by atoms with Crippen LogP contribution in [0, 0.1) is 0 Å². The minimum Gasteiger partial charge on any atom is -0.493 e. The summed E-state index contributed by atoms with van der Waals surface area (Å²) in [6.45, 7) is 1.13. The summed E-state index contributed by atoms with van der Waals surface area (Å²) in [4.78, 5) is 0. The van der Waals surface area contributed by atoms with Crippen LogP contribution in [0.4, 0.5) is 0 Å². The fraction of sp³-hybridized carbons (Fsp3) is 0.571. The Morgan fingerprint density at radius 2 is 2.00 bits per heavy atom. The van der Waals surface area contributed by atoms with Gasteiger partial charge in [0, 0.05) is 6.04 Å². The van der Waals surface area contributed by atoms with E-state index in [4.69, 9.17) is 9.47 Å². The average Bonchev–Trinajstić information content (AvgIpc) is 2.41. The molecule has 1 aliphatic heterocycles. The number of nitrogens with one attached hydrogen (secondary N) is 1. The summed E-state index contributed by atoms with van der Waals surface area (Å²) in [5, 5.41) is 3.56. The van der Waals surface area contributed by atoms with Crippen LogP contribution in [-0.2, 0) is 6.42 Å². The van der Waals surface area contributed by atoms with Gasteiger partial charge in [0.1, 0.15) is 0 Å². The molecule has 0 spiro atoms. The van der Waals surface area contributed by atoms with E-state index in [1.807, 2.05) is 6.07 Å². The number of hydrogen-bond donors (Lipinski definition) is 1. The lowest BCUT2D eigenvalue weighted by Crippen LogP contribution is -2.35. The predicted molar refractivity (Wildman–Crippen MR) is 76.6 cm³/mol. The Morgan fingerprint density at radius 1 is 1.22 bits per heavy atom. The standard InChI is InChI=1S/C14H20BrNO2/c1-17-13-10(6-7-12(15)14(13)18-2)9-11-5-3-4-8-16-11/h6-7,11,16H,3-5,8-9H2,1-2H3. The fourth-order valence-electron chi connectivity index (χ4n) is 2.52. The van der Waals surface area contributed by atoms with E-state index in [1.54, 1.807) is 14.2 Å². The van der Waals surface area contributed by atoms with E-state index in [0.29, 0.717) is 6.04 Å². The summed E-state index contributed by atoms with van der Waals surface area (Å²) in [7, 11) is 3.37. The molecule has 2 rings (SSSR count). The molecule has 18 heavy (non-hydrogen) atoms. The molecule has 1 unspecified atom stereocenters. The smallest absolute Gasteiger partial charge is 0.175 e. The van der Waals surface area contributed by atoms with E-state index in [1.165, 1.54) is 24.8 Å². The highest BCUT2D eigenvalue weighted by Gasteiger charge is 2.18. The van der Waals surface area contributed by atoms with Crippen molar-refractivity contribution >= 4 is 15.9 Å². The second-order valence-electron chi connectivity index (χ2n) is 4.62. The Morgan fingerprint density at radius 3 is 2.61 bits per heavy atom. The molecule has 1 N–H and O–H groups in total. The molecule has 0 radical (unpaired) electrons. The Bertz CT molecular complexity index is 403. The van der Waals surface area contributed by atoms with Crippen LogP contribution in [-0.4, -0.2) is 26.8 Å². The number of halogens is 1. The maximum absolute atomic E-state index is 5.51. The monoisotopic (exact) mass is 313 g/mol. The molecule has 0 bridgehead atoms. The summed E-state index contributed by atoms with van der Waals surface area (Å²) in [6.07, 6.45) is 4.83. The Balaban J connectivity index is 2.21. The third kappa shape index (κ3) is 2.98. The van der Waals surface area contributed by atoms with Crippen molar-refractivity contribution < 1.29 is 9.47 Å². The Labute approximate surface area is 117 Å². The van der Waals surface area contributed by atoms with Gasteiger partial charge in [0.15, 0.2) is 11.5 Å². The zero-order valence-electron chi connectivity index (χ0n) is 11.0. The maximum Gasteiger partial charge on any atom is 0.175 e. The largest absolute Gasteiger partial charge is 0.493 e. The number of rotatable bonds is 4. The van der Waals surface area contributed by atoms with Crippen molar-refractivity contribution in [2.24, 2.45) is 0 Å². The van der Waals surface area contributed by atoms with E-state index in [2.05, 4.69) is 27.3 Å². The van der Waals surface area contributed by atoms with Crippen molar-refractivity contribution in [3.05, 3.63) is 22.2 Å². The van der Waals surface area contributed by atoms with Crippen molar-refractivity contribution in [2.75, 3.05) is 20.8 Å². The van der Waals surface area contributed by atoms with Crippen LogP contribution in [0.15, 0.2) is 16.6 Å². The van der Waals surface area contributed by atoms with Crippen molar-refractivity contribution in [3.8, 4) is 11.5 Å². The summed E-state index contributed by atoms with van der Waals surface area (Å²) < 4.78 is 11.8. The number of hydrogen-bond acceptors (Lipinski definition) is 3. The number of ether oxygens (including phenoxy) is 2. The molecular weight excluding hydrogens is 294 g/mol. The van der Waals surface area contributed by atoms with Gasteiger partial charge in [-0.25, -0.2) is 0 Å². The van der Waals surface area contributed by atoms with Crippen LogP contribution in [0.1, 0.15) is 24.8 Å². The molecule has 0 amide bonds. The molecule has 1 aromatic rings. The van der Waals surface area contributed by atoms with E-state index in [-0.39, 0.29) is 0 Å². The van der Waals surface area contributed by atoms with Gasteiger partial charge >= 0.3 is 0 Å². The summed E-state index contributed by atoms with van der Waals surface area (Å²) >= 11 is 3.49. The van der Waals surface area contributed by atoms with Crippen LogP contribution < -0.4 is 14.8 Å². The molecule has 1 saturated heterocycles. The minimum atomic E-state index is 0.554. The van der Waals surface area contributed by atoms with Crippen LogP contribution >= 0.6 is 15.9 Å². The van der Waals surface area contributed by atoms with Gasteiger partial charge in [-0.2, -0.15) is 0 Å². The van der Waals surface area contributed by atoms with Crippen molar-refractivity contribution in [2.45, 2.75) is 31.7 Å². The van der Waals surface area contributed by atoms with Gasteiger partial charge in [-0.1, -0.05) is 12.5 Å². The van der Waals surface area contributed by atoms with Crippen LogP contribution in [0.2, 0.25) is 0 Å². The molecule has 1 heterocycles. The van der Waals surface area contributed by atoms with E-state index in [9.17, 15) is 0 Å². The first-order valence-corrected chi connectivity index (χ1v) is 7.18. The van der Waals surface area contributed by atoms with Gasteiger partial charge in [-0.15, -0.1) is 0 Å². The minimum absolute atomic E-state index is 0.554. The lowest BCUT2D eigenvalue weighted by Gasteiger charge is -2.24. The third-order valence-corrected chi connectivity index (χ3v) is 4.06. The van der Waals surface area contributed by atoms with Gasteiger partial charge < -0.3 is 14.8 Å². The fourth-order valence-corrected chi connectivity index (χ4v) is 2.99. The zero-order valence-corrected chi connectivity index (χ0v) is 12.5. The zero-order chi connectivity index (χ0) is 13.0. The molecule has 0 aromatic heterocycles. The van der Waals surface area contributed by atoms with Gasteiger partial charge in [-0.05, 0) is 53.4 Å². The highest BCUT2D eigenvalue weighted by Crippen LogP contribution is 2.38. The molecular formula is C14H20BrNO2. The molecule has 1 atom stereocenters. The number of methoxy groups -OCH3 is 2. The van der Waals surface area contributed by atoms with Crippen molar-refractivity contribution in [3.63, 3.8) is 0 Å². The van der Waals surface area contributed by atoms with Crippen LogP contribution in [0.25, 0.3) is 0 Å². The summed E-state index contributed by atoms with van der Waals surface area (Å²) in [5.41, 5.74) is 1.21.